The molecular formula is C18H23ClN4O2. The van der Waals surface area contributed by atoms with E-state index in [2.05, 4.69) is 24.3 Å². The van der Waals surface area contributed by atoms with Gasteiger partial charge in [-0.1, -0.05) is 25.4 Å². The summed E-state index contributed by atoms with van der Waals surface area (Å²) in [7, 11) is 0. The Morgan fingerprint density at radius 3 is 3.00 bits per heavy atom. The smallest absolute Gasteiger partial charge is 0.322 e. The average Bonchev–Trinajstić information content (AvgIpc) is 3.09. The van der Waals surface area contributed by atoms with E-state index in [1.165, 1.54) is 0 Å². The number of aromatic nitrogens is 2. The summed E-state index contributed by atoms with van der Waals surface area (Å²) in [5, 5.41) is 7.65. The number of urea groups is 1. The maximum atomic E-state index is 12.7. The van der Waals surface area contributed by atoms with Gasteiger partial charge in [0.2, 0.25) is 0 Å². The van der Waals surface area contributed by atoms with Gasteiger partial charge in [0, 0.05) is 24.6 Å². The van der Waals surface area contributed by atoms with E-state index in [4.69, 9.17) is 16.3 Å². The van der Waals surface area contributed by atoms with Gasteiger partial charge in [0.15, 0.2) is 0 Å². The van der Waals surface area contributed by atoms with Gasteiger partial charge in [-0.2, -0.15) is 5.10 Å². The van der Waals surface area contributed by atoms with Crippen LogP contribution in [0.4, 0.5) is 10.5 Å². The third kappa shape index (κ3) is 4.32. The van der Waals surface area contributed by atoms with Crippen molar-refractivity contribution in [1.82, 2.24) is 14.7 Å². The molecule has 0 radical (unpaired) electrons. The summed E-state index contributed by atoms with van der Waals surface area (Å²) in [6.45, 7) is 6.06. The van der Waals surface area contributed by atoms with E-state index in [1.807, 2.05) is 29.3 Å². The molecule has 134 valence electrons. The highest BCUT2D eigenvalue weighted by atomic mass is 35.5. The van der Waals surface area contributed by atoms with Gasteiger partial charge in [0.05, 0.1) is 30.0 Å². The van der Waals surface area contributed by atoms with Gasteiger partial charge < -0.3 is 15.0 Å². The molecule has 3 rings (SSSR count). The summed E-state index contributed by atoms with van der Waals surface area (Å²) < 4.78 is 7.23. The van der Waals surface area contributed by atoms with Gasteiger partial charge in [-0.15, -0.1) is 0 Å². The molecule has 6 nitrogen and oxygen atoms in total. The SMILES string of the molecule is CC(C)CC1COCCN1C(=O)Nc1ccc(-n2cccn2)c(Cl)c1. The molecule has 2 aromatic rings. The Morgan fingerprint density at radius 2 is 2.32 bits per heavy atom. The standard InChI is InChI=1S/C18H23ClN4O2/c1-13(2)10-15-12-25-9-8-22(15)18(24)21-14-4-5-17(16(19)11-14)23-7-3-6-20-23/h3-7,11,13,15H,8-10,12H2,1-2H3,(H,21,24). The number of carbonyl (C=O) groups is 1. The maximum Gasteiger partial charge on any atom is 0.322 e. The summed E-state index contributed by atoms with van der Waals surface area (Å²) in [6, 6.07) is 7.24. The number of rotatable bonds is 4. The summed E-state index contributed by atoms with van der Waals surface area (Å²) in [4.78, 5) is 14.5. The number of benzene rings is 1. The molecule has 2 amide bonds. The number of morpholine rings is 1. The van der Waals surface area contributed by atoms with Crippen LogP contribution in [0.5, 0.6) is 0 Å². The number of nitrogens with one attached hydrogen (secondary N) is 1. The molecule has 1 unspecified atom stereocenters. The number of hydrogen-bond donors (Lipinski definition) is 1. The molecule has 0 saturated carbocycles. The van der Waals surface area contributed by atoms with Gasteiger partial charge in [-0.05, 0) is 36.6 Å². The monoisotopic (exact) mass is 362 g/mol. The van der Waals surface area contributed by atoms with Crippen molar-refractivity contribution < 1.29 is 9.53 Å². The van der Waals surface area contributed by atoms with Gasteiger partial charge >= 0.3 is 6.03 Å². The van der Waals surface area contributed by atoms with E-state index >= 15 is 0 Å². The van der Waals surface area contributed by atoms with Crippen LogP contribution >= 0.6 is 11.6 Å². The highest BCUT2D eigenvalue weighted by Crippen LogP contribution is 2.25. The number of ether oxygens (including phenoxy) is 1. The van der Waals surface area contributed by atoms with Crippen molar-refractivity contribution >= 4 is 23.3 Å². The van der Waals surface area contributed by atoms with E-state index in [9.17, 15) is 4.79 Å². The van der Waals surface area contributed by atoms with Crippen LogP contribution in [0.25, 0.3) is 5.69 Å². The zero-order valence-corrected chi connectivity index (χ0v) is 15.2. The van der Waals surface area contributed by atoms with E-state index in [-0.39, 0.29) is 12.1 Å². The number of nitrogens with zero attached hydrogens (tertiary/aromatic N) is 3. The number of halogens is 1. The van der Waals surface area contributed by atoms with Crippen LogP contribution in [0.3, 0.4) is 0 Å². The normalized spacial score (nSPS) is 17.8. The Labute approximate surface area is 152 Å². The lowest BCUT2D eigenvalue weighted by molar-refractivity contribution is 0.00857. The van der Waals surface area contributed by atoms with Crippen LogP contribution in [-0.2, 0) is 4.74 Å². The molecule has 0 spiro atoms. The molecule has 0 aliphatic carbocycles. The molecule has 25 heavy (non-hydrogen) atoms. The van der Waals surface area contributed by atoms with Crippen molar-refractivity contribution in [3.63, 3.8) is 0 Å². The van der Waals surface area contributed by atoms with Crippen LogP contribution in [-0.4, -0.2) is 46.5 Å². The maximum absolute atomic E-state index is 12.7. The average molecular weight is 363 g/mol. The number of amides is 2. The Kier molecular flexibility index (Phi) is 5.60. The van der Waals surface area contributed by atoms with Crippen molar-refractivity contribution in [2.45, 2.75) is 26.3 Å². The first-order valence-electron chi connectivity index (χ1n) is 8.49. The van der Waals surface area contributed by atoms with Gasteiger partial charge in [-0.25, -0.2) is 9.48 Å². The van der Waals surface area contributed by atoms with Crippen LogP contribution in [0.15, 0.2) is 36.7 Å². The van der Waals surface area contributed by atoms with Gasteiger partial charge in [0.1, 0.15) is 0 Å². The Balaban J connectivity index is 1.70. The molecule has 2 heterocycles. The van der Waals surface area contributed by atoms with Crippen molar-refractivity contribution in [2.75, 3.05) is 25.1 Å². The molecule has 1 N–H and O–H groups in total. The van der Waals surface area contributed by atoms with Crippen LogP contribution in [0.2, 0.25) is 5.02 Å². The zero-order valence-electron chi connectivity index (χ0n) is 14.5. The summed E-state index contributed by atoms with van der Waals surface area (Å²) >= 11 is 6.34. The number of hydrogen-bond acceptors (Lipinski definition) is 3. The van der Waals surface area contributed by atoms with Crippen LogP contribution in [0.1, 0.15) is 20.3 Å². The Morgan fingerprint density at radius 1 is 1.48 bits per heavy atom. The lowest BCUT2D eigenvalue weighted by Gasteiger charge is -2.36. The summed E-state index contributed by atoms with van der Waals surface area (Å²) in [5.74, 6) is 0.504. The minimum Gasteiger partial charge on any atom is -0.377 e. The fourth-order valence-corrected chi connectivity index (χ4v) is 3.31. The Bertz CT molecular complexity index is 718. The van der Waals surface area contributed by atoms with E-state index in [0.29, 0.717) is 36.4 Å². The number of anilines is 1. The molecule has 0 bridgehead atoms. The van der Waals surface area contributed by atoms with Crippen molar-refractivity contribution in [1.29, 1.82) is 0 Å². The molecule has 1 aliphatic heterocycles. The predicted octanol–water partition coefficient (Wildman–Crippen LogP) is 3.80. The second kappa shape index (κ2) is 7.89. The zero-order chi connectivity index (χ0) is 17.8. The second-order valence-electron chi connectivity index (χ2n) is 6.60. The molecule has 1 aromatic carbocycles. The quantitative estimate of drug-likeness (QED) is 0.899. The largest absolute Gasteiger partial charge is 0.377 e. The van der Waals surface area contributed by atoms with Crippen LogP contribution < -0.4 is 5.32 Å². The highest BCUT2D eigenvalue weighted by Gasteiger charge is 2.28. The fourth-order valence-electron chi connectivity index (χ4n) is 3.04. The lowest BCUT2D eigenvalue weighted by Crippen LogP contribution is -2.50. The third-order valence-corrected chi connectivity index (χ3v) is 4.48. The van der Waals surface area contributed by atoms with Crippen molar-refractivity contribution in [3.8, 4) is 5.69 Å². The minimum absolute atomic E-state index is 0.104. The molecule has 1 fully saturated rings. The van der Waals surface area contributed by atoms with E-state index in [0.717, 1.165) is 12.1 Å². The fraction of sp³-hybridized carbons (Fsp3) is 0.444. The first-order chi connectivity index (χ1) is 12.0. The molecule has 1 aromatic heterocycles. The molecule has 1 aliphatic rings. The second-order valence-corrected chi connectivity index (χ2v) is 7.01. The molecule has 1 saturated heterocycles. The van der Waals surface area contributed by atoms with E-state index < -0.39 is 0 Å². The molecule has 1 atom stereocenters. The molecule has 7 heteroatoms. The van der Waals surface area contributed by atoms with E-state index in [1.54, 1.807) is 16.9 Å². The third-order valence-electron chi connectivity index (χ3n) is 4.18. The topological polar surface area (TPSA) is 59.4 Å². The molecular weight excluding hydrogens is 340 g/mol. The van der Waals surface area contributed by atoms with Gasteiger partial charge in [-0.3, -0.25) is 0 Å². The lowest BCUT2D eigenvalue weighted by atomic mass is 10.0. The van der Waals surface area contributed by atoms with Crippen LogP contribution in [0, 0.1) is 5.92 Å². The van der Waals surface area contributed by atoms with Crippen molar-refractivity contribution in [3.05, 3.63) is 41.7 Å². The van der Waals surface area contributed by atoms with Crippen molar-refractivity contribution in [2.24, 2.45) is 5.92 Å². The summed E-state index contributed by atoms with van der Waals surface area (Å²) in [6.07, 6.45) is 4.44. The number of carbonyl (C=O) groups excluding carboxylic acids is 1. The Hall–Kier alpha value is -2.05. The first kappa shape index (κ1) is 17.8. The summed E-state index contributed by atoms with van der Waals surface area (Å²) in [5.41, 5.74) is 1.44. The minimum atomic E-state index is -0.114. The predicted molar refractivity (Wildman–Crippen MR) is 98.4 cm³/mol. The van der Waals surface area contributed by atoms with Gasteiger partial charge in [0.25, 0.3) is 0 Å². The highest BCUT2D eigenvalue weighted by molar-refractivity contribution is 6.32. The first-order valence-corrected chi connectivity index (χ1v) is 8.87.